The summed E-state index contributed by atoms with van der Waals surface area (Å²) in [6, 6.07) is 20.9. The van der Waals surface area contributed by atoms with Crippen molar-refractivity contribution in [2.75, 3.05) is 5.32 Å². The Hall–Kier alpha value is -3.49. The molecule has 0 aliphatic rings. The van der Waals surface area contributed by atoms with Crippen LogP contribution in [0.3, 0.4) is 0 Å². The maximum absolute atomic E-state index is 12.8. The van der Waals surface area contributed by atoms with Crippen LogP contribution in [0.1, 0.15) is 40.9 Å². The van der Waals surface area contributed by atoms with Crippen LogP contribution in [0.5, 0.6) is 0 Å². The average Bonchev–Trinajstić information content (AvgIpc) is 2.83. The van der Waals surface area contributed by atoms with E-state index in [0.717, 1.165) is 11.1 Å². The minimum absolute atomic E-state index is 0.0319. The number of amides is 2. The standard InChI is InChI=1S/C26H29N3O4S/c1-18(2)25(30)29-22-12-10-21(11-13-22)16-27-26(31)24-15-23(14-9-19(24)3)34(32,33)28-17-20-7-5-4-6-8-20/h4-15,18,28H,16-17H2,1-3H3,(H,27,31)(H,29,30). The second-order valence-electron chi connectivity index (χ2n) is 8.31. The molecule has 3 aromatic rings. The van der Waals surface area contributed by atoms with Crippen molar-refractivity contribution in [3.63, 3.8) is 0 Å². The zero-order chi connectivity index (χ0) is 24.7. The fraction of sp³-hybridized carbons (Fsp3) is 0.231. The molecule has 34 heavy (non-hydrogen) atoms. The van der Waals surface area contributed by atoms with Gasteiger partial charge in [0.1, 0.15) is 0 Å². The Morgan fingerprint density at radius 1 is 0.853 bits per heavy atom. The van der Waals surface area contributed by atoms with E-state index < -0.39 is 10.0 Å². The van der Waals surface area contributed by atoms with Crippen LogP contribution < -0.4 is 15.4 Å². The number of carbonyl (C=O) groups excluding carboxylic acids is 2. The van der Waals surface area contributed by atoms with E-state index in [2.05, 4.69) is 15.4 Å². The van der Waals surface area contributed by atoms with Gasteiger partial charge in [-0.2, -0.15) is 0 Å². The van der Waals surface area contributed by atoms with Gasteiger partial charge in [-0.05, 0) is 47.9 Å². The molecule has 3 aromatic carbocycles. The molecule has 2 amide bonds. The summed E-state index contributed by atoms with van der Waals surface area (Å²) in [6.07, 6.45) is 0. The summed E-state index contributed by atoms with van der Waals surface area (Å²) in [6.45, 7) is 5.82. The Morgan fingerprint density at radius 2 is 1.50 bits per heavy atom. The predicted molar refractivity (Wildman–Crippen MR) is 133 cm³/mol. The highest BCUT2D eigenvalue weighted by atomic mass is 32.2. The van der Waals surface area contributed by atoms with Gasteiger partial charge in [-0.15, -0.1) is 0 Å². The van der Waals surface area contributed by atoms with Gasteiger partial charge in [-0.25, -0.2) is 13.1 Å². The van der Waals surface area contributed by atoms with E-state index in [9.17, 15) is 18.0 Å². The highest BCUT2D eigenvalue weighted by Gasteiger charge is 2.18. The average molecular weight is 480 g/mol. The lowest BCUT2D eigenvalue weighted by atomic mass is 10.1. The molecule has 0 aliphatic heterocycles. The van der Waals surface area contributed by atoms with E-state index in [-0.39, 0.29) is 35.7 Å². The van der Waals surface area contributed by atoms with Crippen LogP contribution in [-0.2, 0) is 27.9 Å². The lowest BCUT2D eigenvalue weighted by molar-refractivity contribution is -0.118. The number of sulfonamides is 1. The molecule has 0 radical (unpaired) electrons. The number of anilines is 1. The molecule has 3 rings (SSSR count). The Morgan fingerprint density at radius 3 is 2.15 bits per heavy atom. The molecule has 0 aliphatic carbocycles. The lowest BCUT2D eigenvalue weighted by Gasteiger charge is -2.12. The maximum Gasteiger partial charge on any atom is 0.251 e. The Labute approximate surface area is 200 Å². The summed E-state index contributed by atoms with van der Waals surface area (Å²) in [7, 11) is -3.78. The summed E-state index contributed by atoms with van der Waals surface area (Å²) >= 11 is 0. The Kier molecular flexibility index (Phi) is 8.20. The van der Waals surface area contributed by atoms with Crippen molar-refractivity contribution < 1.29 is 18.0 Å². The molecule has 0 atom stereocenters. The van der Waals surface area contributed by atoms with Gasteiger partial charge in [0.25, 0.3) is 5.91 Å². The number of hydrogen-bond donors (Lipinski definition) is 3. The second-order valence-corrected chi connectivity index (χ2v) is 10.1. The molecule has 3 N–H and O–H groups in total. The number of hydrogen-bond acceptors (Lipinski definition) is 4. The van der Waals surface area contributed by atoms with Crippen molar-refractivity contribution in [3.05, 3.63) is 95.1 Å². The molecule has 0 spiro atoms. The number of rotatable bonds is 9. The topological polar surface area (TPSA) is 104 Å². The first-order chi connectivity index (χ1) is 16.2. The molecule has 0 saturated heterocycles. The molecule has 7 nitrogen and oxygen atoms in total. The largest absolute Gasteiger partial charge is 0.348 e. The van der Waals surface area contributed by atoms with E-state index in [1.165, 1.54) is 12.1 Å². The van der Waals surface area contributed by atoms with Gasteiger partial charge in [0.2, 0.25) is 15.9 Å². The smallest absolute Gasteiger partial charge is 0.251 e. The van der Waals surface area contributed by atoms with Crippen molar-refractivity contribution in [3.8, 4) is 0 Å². The van der Waals surface area contributed by atoms with Gasteiger partial charge in [0.05, 0.1) is 4.90 Å². The molecule has 0 aromatic heterocycles. The van der Waals surface area contributed by atoms with Gasteiger partial charge in [0, 0.05) is 30.3 Å². The first-order valence-electron chi connectivity index (χ1n) is 11.0. The monoisotopic (exact) mass is 479 g/mol. The number of benzene rings is 3. The Bertz CT molecular complexity index is 1250. The summed E-state index contributed by atoms with van der Waals surface area (Å²) in [4.78, 5) is 24.6. The first-order valence-corrected chi connectivity index (χ1v) is 12.5. The van der Waals surface area contributed by atoms with Crippen molar-refractivity contribution in [1.82, 2.24) is 10.0 Å². The van der Waals surface area contributed by atoms with Gasteiger partial charge >= 0.3 is 0 Å². The highest BCUT2D eigenvalue weighted by molar-refractivity contribution is 7.89. The van der Waals surface area contributed by atoms with Crippen molar-refractivity contribution in [1.29, 1.82) is 0 Å². The van der Waals surface area contributed by atoms with Crippen LogP contribution in [0, 0.1) is 12.8 Å². The van der Waals surface area contributed by atoms with Crippen molar-refractivity contribution >= 4 is 27.5 Å². The van der Waals surface area contributed by atoms with Gasteiger partial charge in [-0.3, -0.25) is 9.59 Å². The molecular weight excluding hydrogens is 450 g/mol. The fourth-order valence-corrected chi connectivity index (χ4v) is 4.18. The molecule has 0 bridgehead atoms. The van der Waals surface area contributed by atoms with Crippen molar-refractivity contribution in [2.45, 2.75) is 38.8 Å². The summed E-state index contributed by atoms with van der Waals surface area (Å²) in [5.41, 5.74) is 3.34. The highest BCUT2D eigenvalue weighted by Crippen LogP contribution is 2.17. The Balaban J connectivity index is 1.64. The van der Waals surface area contributed by atoms with E-state index in [1.54, 1.807) is 25.1 Å². The molecule has 0 fully saturated rings. The molecule has 0 saturated carbocycles. The zero-order valence-electron chi connectivity index (χ0n) is 19.5. The van der Waals surface area contributed by atoms with Crippen LogP contribution in [-0.4, -0.2) is 20.2 Å². The molecule has 178 valence electrons. The van der Waals surface area contributed by atoms with E-state index >= 15 is 0 Å². The van der Waals surface area contributed by atoms with Crippen LogP contribution in [0.25, 0.3) is 0 Å². The fourth-order valence-electron chi connectivity index (χ4n) is 3.14. The summed E-state index contributed by atoms with van der Waals surface area (Å²) in [5.74, 6) is -0.547. The minimum Gasteiger partial charge on any atom is -0.348 e. The predicted octanol–water partition coefficient (Wildman–Crippen LogP) is 4.00. The van der Waals surface area contributed by atoms with E-state index in [4.69, 9.17) is 0 Å². The number of carbonyl (C=O) groups is 2. The van der Waals surface area contributed by atoms with Crippen molar-refractivity contribution in [2.24, 2.45) is 5.92 Å². The third-order valence-corrected chi connectivity index (χ3v) is 6.67. The number of nitrogens with one attached hydrogen (secondary N) is 3. The van der Waals surface area contributed by atoms with Gasteiger partial charge in [-0.1, -0.05) is 62.4 Å². The molecule has 8 heteroatoms. The van der Waals surface area contributed by atoms with E-state index in [1.807, 2.05) is 56.3 Å². The lowest BCUT2D eigenvalue weighted by Crippen LogP contribution is -2.26. The van der Waals surface area contributed by atoms with Gasteiger partial charge in [0.15, 0.2) is 0 Å². The third kappa shape index (κ3) is 6.76. The van der Waals surface area contributed by atoms with Gasteiger partial charge < -0.3 is 10.6 Å². The SMILES string of the molecule is Cc1ccc(S(=O)(=O)NCc2ccccc2)cc1C(=O)NCc1ccc(NC(=O)C(C)C)cc1. The normalized spacial score (nSPS) is 11.3. The summed E-state index contributed by atoms with van der Waals surface area (Å²) in [5, 5.41) is 5.65. The van der Waals surface area contributed by atoms with Crippen LogP contribution in [0.4, 0.5) is 5.69 Å². The van der Waals surface area contributed by atoms with Crippen LogP contribution in [0.2, 0.25) is 0 Å². The molecule has 0 heterocycles. The van der Waals surface area contributed by atoms with Crippen LogP contribution >= 0.6 is 0 Å². The first kappa shape index (κ1) is 25.1. The number of aryl methyl sites for hydroxylation is 1. The summed E-state index contributed by atoms with van der Waals surface area (Å²) < 4.78 is 28.1. The zero-order valence-corrected chi connectivity index (χ0v) is 20.3. The third-order valence-electron chi connectivity index (χ3n) is 5.27. The van der Waals surface area contributed by atoms with Crippen LogP contribution in [0.15, 0.2) is 77.7 Å². The minimum atomic E-state index is -3.78. The quantitative estimate of drug-likeness (QED) is 0.431. The maximum atomic E-state index is 12.8. The molecule has 0 unspecified atom stereocenters. The second kappa shape index (κ2) is 11.1. The molecular formula is C26H29N3O4S. The van der Waals surface area contributed by atoms with E-state index in [0.29, 0.717) is 16.8 Å².